The van der Waals surface area contributed by atoms with Gasteiger partial charge in [0.05, 0.1) is 16.9 Å². The average Bonchev–Trinajstić information content (AvgIpc) is 2.71. The van der Waals surface area contributed by atoms with Crippen molar-refractivity contribution in [3.63, 3.8) is 0 Å². The largest absolute Gasteiger partial charge is 0.479 e. The molecule has 146 valence electrons. The van der Waals surface area contributed by atoms with E-state index in [0.29, 0.717) is 17.1 Å². The number of aromatic nitrogens is 1. The van der Waals surface area contributed by atoms with E-state index in [1.165, 1.54) is 12.3 Å². The number of benzene rings is 2. The number of amides is 2. The number of hydrogen-bond acceptors (Lipinski definition) is 5. The van der Waals surface area contributed by atoms with Gasteiger partial charge in [0.25, 0.3) is 11.8 Å². The number of nitrogens with zero attached hydrogens (tertiary/aromatic N) is 1. The van der Waals surface area contributed by atoms with Crippen molar-refractivity contribution >= 4 is 34.7 Å². The second-order valence-corrected chi connectivity index (χ2v) is 6.42. The molecule has 1 unspecified atom stereocenters. The van der Waals surface area contributed by atoms with Gasteiger partial charge in [-0.2, -0.15) is 0 Å². The number of anilines is 4. The van der Waals surface area contributed by atoms with E-state index in [9.17, 15) is 14.0 Å². The minimum Gasteiger partial charge on any atom is -0.479 e. The Morgan fingerprint density at radius 2 is 2.00 bits per heavy atom. The van der Waals surface area contributed by atoms with Crippen LogP contribution in [0.25, 0.3) is 0 Å². The highest BCUT2D eigenvalue weighted by atomic mass is 19.1. The third kappa shape index (κ3) is 3.86. The fourth-order valence-corrected chi connectivity index (χ4v) is 2.86. The Labute approximate surface area is 165 Å². The summed E-state index contributed by atoms with van der Waals surface area (Å²) in [5.74, 6) is -0.404. The van der Waals surface area contributed by atoms with E-state index in [-0.39, 0.29) is 23.0 Å². The summed E-state index contributed by atoms with van der Waals surface area (Å²) in [6.45, 7) is 1.65. The number of hydrogen-bond donors (Lipinski definition) is 3. The molecule has 4 rings (SSSR count). The predicted octanol–water partition coefficient (Wildman–Crippen LogP) is 3.94. The highest BCUT2D eigenvalue weighted by Crippen LogP contribution is 2.32. The number of ether oxygens (including phenoxy) is 1. The Morgan fingerprint density at radius 1 is 1.17 bits per heavy atom. The summed E-state index contributed by atoms with van der Waals surface area (Å²) in [4.78, 5) is 28.7. The Balaban J connectivity index is 1.56. The molecule has 3 N–H and O–H groups in total. The molecule has 2 heterocycles. The lowest BCUT2D eigenvalue weighted by Crippen LogP contribution is -2.34. The average molecular weight is 392 g/mol. The molecule has 1 atom stereocenters. The van der Waals surface area contributed by atoms with Crippen molar-refractivity contribution in [1.82, 2.24) is 4.98 Å². The zero-order valence-electron chi connectivity index (χ0n) is 15.4. The molecular weight excluding hydrogens is 375 g/mol. The topological polar surface area (TPSA) is 92.3 Å². The standard InChI is InChI=1S/C21H17FN4O3/c1-12-20(27)26-17-11-13(8-9-18(17)29-12)24-21(28)14-5-4-10-23-19(14)25-16-7-3-2-6-15(16)22/h2-12H,1H3,(H,23,25)(H,24,28)(H,26,27). The van der Waals surface area contributed by atoms with Gasteiger partial charge in [0, 0.05) is 11.9 Å². The Morgan fingerprint density at radius 3 is 2.83 bits per heavy atom. The molecule has 7 nitrogen and oxygen atoms in total. The van der Waals surface area contributed by atoms with Gasteiger partial charge in [-0.1, -0.05) is 12.1 Å². The number of carbonyl (C=O) groups is 2. The van der Waals surface area contributed by atoms with Gasteiger partial charge in [0.2, 0.25) is 0 Å². The van der Waals surface area contributed by atoms with Crippen molar-refractivity contribution in [3.05, 3.63) is 72.2 Å². The molecule has 29 heavy (non-hydrogen) atoms. The van der Waals surface area contributed by atoms with Crippen LogP contribution in [0.15, 0.2) is 60.8 Å². The first-order valence-corrected chi connectivity index (χ1v) is 8.91. The van der Waals surface area contributed by atoms with E-state index < -0.39 is 17.8 Å². The van der Waals surface area contributed by atoms with E-state index >= 15 is 0 Å². The zero-order valence-corrected chi connectivity index (χ0v) is 15.4. The monoisotopic (exact) mass is 392 g/mol. The number of rotatable bonds is 4. The molecule has 0 aliphatic carbocycles. The minimum atomic E-state index is -0.578. The van der Waals surface area contributed by atoms with Gasteiger partial charge in [-0.25, -0.2) is 9.37 Å². The first kappa shape index (κ1) is 18.4. The van der Waals surface area contributed by atoms with E-state index in [4.69, 9.17) is 4.74 Å². The maximum Gasteiger partial charge on any atom is 0.265 e. The van der Waals surface area contributed by atoms with Crippen LogP contribution in [0.1, 0.15) is 17.3 Å². The van der Waals surface area contributed by atoms with Crippen LogP contribution < -0.4 is 20.7 Å². The van der Waals surface area contributed by atoms with Gasteiger partial charge in [-0.3, -0.25) is 9.59 Å². The number of para-hydroxylation sites is 1. The van der Waals surface area contributed by atoms with Gasteiger partial charge in [0.15, 0.2) is 6.10 Å². The summed E-state index contributed by atoms with van der Waals surface area (Å²) in [7, 11) is 0. The lowest BCUT2D eigenvalue weighted by Gasteiger charge is -2.23. The highest BCUT2D eigenvalue weighted by molar-refractivity contribution is 6.08. The minimum absolute atomic E-state index is 0.211. The second kappa shape index (κ2) is 7.59. The summed E-state index contributed by atoms with van der Waals surface area (Å²) in [6.07, 6.45) is 0.928. The van der Waals surface area contributed by atoms with Crippen LogP contribution in [0.3, 0.4) is 0 Å². The summed E-state index contributed by atoms with van der Waals surface area (Å²) in [5.41, 5.74) is 1.39. The zero-order chi connectivity index (χ0) is 20.4. The molecule has 0 saturated carbocycles. The van der Waals surface area contributed by atoms with Gasteiger partial charge in [0.1, 0.15) is 17.4 Å². The SMILES string of the molecule is CC1Oc2ccc(NC(=O)c3cccnc3Nc3ccccc3F)cc2NC1=O. The van der Waals surface area contributed by atoms with Crippen molar-refractivity contribution in [3.8, 4) is 5.75 Å². The first-order chi connectivity index (χ1) is 14.0. The van der Waals surface area contributed by atoms with E-state index in [1.54, 1.807) is 55.5 Å². The Bertz CT molecular complexity index is 1100. The quantitative estimate of drug-likeness (QED) is 0.626. The number of nitrogens with one attached hydrogen (secondary N) is 3. The molecule has 0 bridgehead atoms. The van der Waals surface area contributed by atoms with Crippen LogP contribution in [0.5, 0.6) is 5.75 Å². The number of halogens is 1. The van der Waals surface area contributed by atoms with Crippen LogP contribution in [0, 0.1) is 5.82 Å². The highest BCUT2D eigenvalue weighted by Gasteiger charge is 2.24. The smallest absolute Gasteiger partial charge is 0.265 e. The van der Waals surface area contributed by atoms with Crippen LogP contribution in [0.2, 0.25) is 0 Å². The third-order valence-electron chi connectivity index (χ3n) is 4.35. The number of fused-ring (bicyclic) bond motifs is 1. The molecule has 0 radical (unpaired) electrons. The van der Waals surface area contributed by atoms with Crippen molar-refractivity contribution in [2.24, 2.45) is 0 Å². The van der Waals surface area contributed by atoms with Crippen LogP contribution in [0.4, 0.5) is 27.3 Å². The molecule has 1 aromatic heterocycles. The van der Waals surface area contributed by atoms with Gasteiger partial charge in [-0.15, -0.1) is 0 Å². The van der Waals surface area contributed by atoms with E-state index in [2.05, 4.69) is 20.9 Å². The van der Waals surface area contributed by atoms with Gasteiger partial charge in [-0.05, 0) is 49.4 Å². The molecular formula is C21H17FN4O3. The maximum absolute atomic E-state index is 13.9. The first-order valence-electron chi connectivity index (χ1n) is 8.91. The molecule has 2 aromatic carbocycles. The molecule has 0 saturated heterocycles. The predicted molar refractivity (Wildman–Crippen MR) is 107 cm³/mol. The normalized spacial score (nSPS) is 15.0. The molecule has 2 amide bonds. The summed E-state index contributed by atoms with van der Waals surface area (Å²) >= 11 is 0. The lowest BCUT2D eigenvalue weighted by molar-refractivity contribution is -0.122. The molecule has 1 aliphatic rings. The van der Waals surface area contributed by atoms with Crippen molar-refractivity contribution < 1.29 is 18.7 Å². The number of pyridine rings is 1. The summed E-state index contributed by atoms with van der Waals surface area (Å²) < 4.78 is 19.4. The van der Waals surface area contributed by atoms with Crippen LogP contribution >= 0.6 is 0 Å². The molecule has 0 fully saturated rings. The van der Waals surface area contributed by atoms with Gasteiger partial charge < -0.3 is 20.7 Å². The molecule has 0 spiro atoms. The molecule has 3 aromatic rings. The van der Waals surface area contributed by atoms with Crippen molar-refractivity contribution in [2.75, 3.05) is 16.0 Å². The van der Waals surface area contributed by atoms with Gasteiger partial charge >= 0.3 is 0 Å². The Kier molecular flexibility index (Phi) is 4.82. The van der Waals surface area contributed by atoms with E-state index in [0.717, 1.165) is 0 Å². The Hall–Kier alpha value is -3.94. The van der Waals surface area contributed by atoms with E-state index in [1.807, 2.05) is 0 Å². The maximum atomic E-state index is 13.9. The van der Waals surface area contributed by atoms with Crippen LogP contribution in [-0.4, -0.2) is 22.9 Å². The fraction of sp³-hybridized carbons (Fsp3) is 0.0952. The second-order valence-electron chi connectivity index (χ2n) is 6.42. The fourth-order valence-electron chi connectivity index (χ4n) is 2.86. The number of carbonyl (C=O) groups excluding carboxylic acids is 2. The summed E-state index contributed by atoms with van der Waals surface area (Å²) in [6, 6.07) is 14.3. The lowest BCUT2D eigenvalue weighted by atomic mass is 10.2. The molecule has 8 heteroatoms. The molecule has 1 aliphatic heterocycles. The van der Waals surface area contributed by atoms with Crippen LogP contribution in [-0.2, 0) is 4.79 Å². The van der Waals surface area contributed by atoms with Crippen molar-refractivity contribution in [1.29, 1.82) is 0 Å². The summed E-state index contributed by atoms with van der Waals surface area (Å²) in [5, 5.41) is 8.33. The third-order valence-corrected chi connectivity index (χ3v) is 4.35. The van der Waals surface area contributed by atoms with Crippen molar-refractivity contribution in [2.45, 2.75) is 13.0 Å².